The van der Waals surface area contributed by atoms with E-state index in [1.807, 2.05) is 0 Å². The van der Waals surface area contributed by atoms with Gasteiger partial charge in [-0.1, -0.05) is 38.5 Å². The monoisotopic (exact) mass is 573 g/mol. The highest BCUT2D eigenvalue weighted by atomic mass is 16.5. The normalized spacial score (nSPS) is 13.0. The van der Waals surface area contributed by atoms with Crippen molar-refractivity contribution in [2.75, 3.05) is 38.2 Å². The largest absolute Gasteiger partial charge is 0.449 e. The average molecular weight is 574 g/mol. The van der Waals surface area contributed by atoms with Crippen molar-refractivity contribution in [1.29, 1.82) is 5.26 Å². The van der Waals surface area contributed by atoms with Crippen LogP contribution in [0.2, 0.25) is 0 Å². The van der Waals surface area contributed by atoms with E-state index in [-0.39, 0.29) is 24.9 Å². The Morgan fingerprint density at radius 3 is 2.41 bits per heavy atom. The highest BCUT2D eigenvalue weighted by Gasteiger charge is 2.23. The summed E-state index contributed by atoms with van der Waals surface area (Å²) in [4.78, 5) is 58.2. The van der Waals surface area contributed by atoms with E-state index in [1.165, 1.54) is 6.08 Å². The topological polar surface area (TPSA) is 188 Å². The van der Waals surface area contributed by atoms with Gasteiger partial charge in [-0.05, 0) is 50.9 Å². The molecule has 0 aromatic carbocycles. The number of hydrogen-bond donors (Lipinski definition) is 4. The molecular formula is C28H43N7O6. The molecular weight excluding hydrogens is 530 g/mol. The van der Waals surface area contributed by atoms with Crippen LogP contribution in [-0.2, 0) is 20.7 Å². The third kappa shape index (κ3) is 14.3. The van der Waals surface area contributed by atoms with Gasteiger partial charge in [-0.3, -0.25) is 10.1 Å². The second-order valence-electron chi connectivity index (χ2n) is 10.1. The van der Waals surface area contributed by atoms with Crippen LogP contribution >= 0.6 is 0 Å². The number of amides is 3. The van der Waals surface area contributed by atoms with Crippen molar-refractivity contribution in [3.05, 3.63) is 21.6 Å². The Morgan fingerprint density at radius 1 is 0.976 bits per heavy atom. The predicted octanol–water partition coefficient (Wildman–Crippen LogP) is 4.16. The van der Waals surface area contributed by atoms with E-state index in [9.17, 15) is 19.2 Å². The van der Waals surface area contributed by atoms with Crippen LogP contribution in [0.15, 0.2) is 9.79 Å². The number of aromatic nitrogens is 2. The average Bonchev–Trinajstić information content (AvgIpc) is 2.97. The molecule has 0 saturated heterocycles. The number of H-pyrrole nitrogens is 1. The molecule has 1 heterocycles. The molecule has 13 nitrogen and oxygen atoms in total. The molecule has 1 fully saturated rings. The van der Waals surface area contributed by atoms with Crippen molar-refractivity contribution in [1.82, 2.24) is 20.6 Å². The van der Waals surface area contributed by atoms with E-state index in [0.717, 1.165) is 89.2 Å². The van der Waals surface area contributed by atoms with Crippen molar-refractivity contribution in [2.45, 2.75) is 95.8 Å². The summed E-state index contributed by atoms with van der Waals surface area (Å²) < 4.78 is 9.93. The number of nitrogens with zero attached hydrogens (tertiary/aromatic N) is 3. The quantitative estimate of drug-likeness (QED) is 0.0821. The minimum atomic E-state index is -0.536. The highest BCUT2D eigenvalue weighted by Crippen LogP contribution is 2.33. The number of carbonyl (C=O) groups is 2. The van der Waals surface area contributed by atoms with Crippen LogP contribution in [0.5, 0.6) is 0 Å². The lowest BCUT2D eigenvalue weighted by Gasteiger charge is -2.24. The number of nitriles is 1. The second kappa shape index (κ2) is 20.9. The Morgan fingerprint density at radius 2 is 1.68 bits per heavy atom. The van der Waals surface area contributed by atoms with Crippen LogP contribution in [0.4, 0.5) is 15.5 Å². The zero-order valence-electron chi connectivity index (χ0n) is 23.8. The molecule has 3 amide bonds. The molecule has 0 unspecified atom stereocenters. The van der Waals surface area contributed by atoms with E-state index in [4.69, 9.17) is 10.00 Å². The standard InChI is InChI=1S/C28H43N7O6/c29-20-40-18-11-4-3-10-17-32-28(39)41-19-14-23-24(22-12-6-5-7-13-22)33-26(34-25(23)37)35-27(38)31-16-9-2-1-8-15-30-21-36/h22H,1-19H2,(H,32,39)(H3,31,33,34,35,37,38). The molecule has 2 rings (SSSR count). The van der Waals surface area contributed by atoms with Gasteiger partial charge in [0.2, 0.25) is 12.0 Å². The number of ether oxygens (including phenoxy) is 2. The number of urea groups is 1. The molecule has 0 atom stereocenters. The smallest absolute Gasteiger partial charge is 0.407 e. The lowest BCUT2D eigenvalue weighted by molar-refractivity contribution is 0.147. The number of nitrogens with one attached hydrogen (secondary N) is 4. The van der Waals surface area contributed by atoms with E-state index >= 15 is 0 Å². The van der Waals surface area contributed by atoms with Gasteiger partial charge in [0.25, 0.3) is 11.8 Å². The van der Waals surface area contributed by atoms with Crippen LogP contribution in [0.25, 0.3) is 0 Å². The van der Waals surface area contributed by atoms with Crippen LogP contribution in [0.1, 0.15) is 101 Å². The lowest BCUT2D eigenvalue weighted by Crippen LogP contribution is -2.32. The molecule has 0 aliphatic heterocycles. The minimum absolute atomic E-state index is 0.0383. The number of carbonyl (C=O) groups excluding carboxylic acids is 3. The summed E-state index contributed by atoms with van der Waals surface area (Å²) >= 11 is 0. The molecule has 1 aromatic rings. The van der Waals surface area contributed by atoms with Gasteiger partial charge in [-0.25, -0.2) is 19.4 Å². The van der Waals surface area contributed by atoms with E-state index in [2.05, 4.69) is 35.6 Å². The summed E-state index contributed by atoms with van der Waals surface area (Å²) in [5.74, 6) is 0.246. The van der Waals surface area contributed by atoms with Crippen molar-refractivity contribution < 1.29 is 23.9 Å². The number of hydrogen-bond acceptors (Lipinski definition) is 9. The number of anilines is 1. The van der Waals surface area contributed by atoms with Crippen LogP contribution < -0.4 is 21.5 Å². The molecule has 1 aliphatic carbocycles. The molecule has 13 heteroatoms. The van der Waals surface area contributed by atoms with Crippen molar-refractivity contribution >= 4 is 24.2 Å². The van der Waals surface area contributed by atoms with Gasteiger partial charge in [-0.2, -0.15) is 10.2 Å². The number of alkyl carbamates (subject to hydrolysis) is 1. The maximum absolute atomic E-state index is 13.0. The van der Waals surface area contributed by atoms with Gasteiger partial charge < -0.3 is 25.1 Å². The van der Waals surface area contributed by atoms with Gasteiger partial charge in [0.05, 0.1) is 13.2 Å². The second-order valence-corrected chi connectivity index (χ2v) is 10.1. The molecule has 1 saturated carbocycles. The fourth-order valence-corrected chi connectivity index (χ4v) is 4.81. The first kappa shape index (κ1) is 33.3. The van der Waals surface area contributed by atoms with E-state index in [0.29, 0.717) is 31.8 Å². The summed E-state index contributed by atoms with van der Waals surface area (Å²) in [5.41, 5.74) is 0.790. The lowest BCUT2D eigenvalue weighted by atomic mass is 9.85. The third-order valence-corrected chi connectivity index (χ3v) is 6.93. The van der Waals surface area contributed by atoms with Crippen molar-refractivity contribution in [3.63, 3.8) is 0 Å². The maximum Gasteiger partial charge on any atom is 0.407 e. The van der Waals surface area contributed by atoms with Crippen molar-refractivity contribution in [2.24, 2.45) is 4.99 Å². The first-order valence-electron chi connectivity index (χ1n) is 14.7. The number of isocyanates is 1. The van der Waals surface area contributed by atoms with Gasteiger partial charge in [0.15, 0.2) is 0 Å². The summed E-state index contributed by atoms with van der Waals surface area (Å²) in [5, 5.41) is 16.5. The van der Waals surface area contributed by atoms with Gasteiger partial charge in [-0.15, -0.1) is 0 Å². The first-order valence-corrected chi connectivity index (χ1v) is 14.7. The Hall–Kier alpha value is -3.91. The molecule has 0 spiro atoms. The summed E-state index contributed by atoms with van der Waals surface area (Å²) in [6.45, 7) is 1.87. The Balaban J connectivity index is 1.83. The predicted molar refractivity (Wildman–Crippen MR) is 152 cm³/mol. The minimum Gasteiger partial charge on any atom is -0.449 e. The molecule has 4 N–H and O–H groups in total. The fourth-order valence-electron chi connectivity index (χ4n) is 4.81. The molecule has 1 aliphatic rings. The van der Waals surface area contributed by atoms with Crippen molar-refractivity contribution in [3.8, 4) is 6.26 Å². The van der Waals surface area contributed by atoms with Crippen LogP contribution in [-0.4, -0.2) is 61.0 Å². The molecule has 226 valence electrons. The van der Waals surface area contributed by atoms with Crippen LogP contribution in [0, 0.1) is 11.5 Å². The SMILES string of the molecule is N#COCCCCCCNC(=O)OCCc1c(C2CCCCC2)[nH]c(NC(=O)NCCCCCCN=C=O)nc1=O. The zero-order valence-corrected chi connectivity index (χ0v) is 23.8. The zero-order chi connectivity index (χ0) is 29.5. The van der Waals surface area contributed by atoms with Gasteiger partial charge >= 0.3 is 12.1 Å². The summed E-state index contributed by atoms with van der Waals surface area (Å²) in [6.07, 6.45) is 14.8. The summed E-state index contributed by atoms with van der Waals surface area (Å²) in [6, 6.07) is -0.448. The number of rotatable bonds is 19. The Bertz CT molecular complexity index is 1070. The third-order valence-electron chi connectivity index (χ3n) is 6.93. The number of unbranched alkanes of at least 4 members (excludes halogenated alkanes) is 6. The maximum atomic E-state index is 13.0. The molecule has 0 bridgehead atoms. The Kier molecular flexibility index (Phi) is 17.0. The summed E-state index contributed by atoms with van der Waals surface area (Å²) in [7, 11) is 0. The van der Waals surface area contributed by atoms with E-state index < -0.39 is 17.7 Å². The fraction of sp³-hybridized carbons (Fsp3) is 0.714. The molecule has 0 radical (unpaired) electrons. The van der Waals surface area contributed by atoms with Gasteiger partial charge in [0, 0.05) is 30.8 Å². The molecule has 1 aromatic heterocycles. The van der Waals surface area contributed by atoms with E-state index in [1.54, 1.807) is 6.26 Å². The Labute approximate surface area is 240 Å². The highest BCUT2D eigenvalue weighted by molar-refractivity contribution is 5.87. The van der Waals surface area contributed by atoms with Gasteiger partial charge in [0.1, 0.15) is 6.61 Å². The number of aromatic amines is 1. The molecule has 41 heavy (non-hydrogen) atoms. The first-order chi connectivity index (χ1) is 20.0. The van der Waals surface area contributed by atoms with Crippen LogP contribution in [0.3, 0.4) is 0 Å². The number of aliphatic imine (C=N–C) groups is 1.